The smallest absolute Gasteiger partial charge is 0.374 e. The highest BCUT2D eigenvalue weighted by molar-refractivity contribution is 6.31. The highest BCUT2D eigenvalue weighted by Crippen LogP contribution is 2.34. The highest BCUT2D eigenvalue weighted by Gasteiger charge is 2.26. The number of carbonyl (C=O) groups excluding carboxylic acids is 2. The summed E-state index contributed by atoms with van der Waals surface area (Å²) in [6, 6.07) is 14.1. The van der Waals surface area contributed by atoms with E-state index < -0.39 is 11.9 Å². The highest BCUT2D eigenvalue weighted by atomic mass is 35.5. The SMILES string of the molecule is CCOC(=O)Cn1c(C(=O)OCC)nc(-c2ccc(Cl)cc2)c1-c1ccc(Cl)cc1. The van der Waals surface area contributed by atoms with Gasteiger partial charge in [-0.25, -0.2) is 9.78 Å². The number of hydrogen-bond donors (Lipinski definition) is 0. The van der Waals surface area contributed by atoms with Gasteiger partial charge in [0.15, 0.2) is 0 Å². The van der Waals surface area contributed by atoms with Crippen LogP contribution >= 0.6 is 23.2 Å². The molecule has 0 saturated carbocycles. The lowest BCUT2D eigenvalue weighted by molar-refractivity contribution is -0.143. The molecule has 0 amide bonds. The van der Waals surface area contributed by atoms with Gasteiger partial charge in [-0.3, -0.25) is 4.79 Å². The largest absolute Gasteiger partial charge is 0.465 e. The molecule has 8 heteroatoms. The van der Waals surface area contributed by atoms with Gasteiger partial charge in [-0.1, -0.05) is 47.5 Å². The van der Waals surface area contributed by atoms with Gasteiger partial charge in [0.05, 0.1) is 24.6 Å². The molecule has 0 atom stereocenters. The average molecular weight is 447 g/mol. The van der Waals surface area contributed by atoms with Crippen molar-refractivity contribution in [2.45, 2.75) is 20.4 Å². The molecule has 2 aromatic carbocycles. The van der Waals surface area contributed by atoms with Crippen LogP contribution in [-0.2, 0) is 20.8 Å². The summed E-state index contributed by atoms with van der Waals surface area (Å²) in [6.45, 7) is 3.63. The molecule has 0 radical (unpaired) electrons. The molecule has 0 saturated heterocycles. The van der Waals surface area contributed by atoms with E-state index in [0.717, 1.165) is 11.1 Å². The average Bonchev–Trinajstić information content (AvgIpc) is 3.08. The predicted molar refractivity (Wildman–Crippen MR) is 116 cm³/mol. The molecule has 0 spiro atoms. The number of carbonyl (C=O) groups is 2. The molecule has 1 aromatic heterocycles. The molecule has 0 aliphatic carbocycles. The van der Waals surface area contributed by atoms with Crippen molar-refractivity contribution < 1.29 is 19.1 Å². The lowest BCUT2D eigenvalue weighted by Crippen LogP contribution is -2.20. The number of nitrogens with zero attached hydrogens (tertiary/aromatic N) is 2. The second-order valence-electron chi connectivity index (χ2n) is 6.26. The van der Waals surface area contributed by atoms with Gasteiger partial charge in [-0.05, 0) is 38.1 Å². The van der Waals surface area contributed by atoms with E-state index in [2.05, 4.69) is 4.98 Å². The lowest BCUT2D eigenvalue weighted by atomic mass is 10.0. The van der Waals surface area contributed by atoms with Crippen molar-refractivity contribution in [3.8, 4) is 22.5 Å². The Kier molecular flexibility index (Phi) is 7.13. The van der Waals surface area contributed by atoms with Crippen molar-refractivity contribution in [3.05, 3.63) is 64.4 Å². The number of aromatic nitrogens is 2. The van der Waals surface area contributed by atoms with Crippen molar-refractivity contribution in [1.29, 1.82) is 0 Å². The van der Waals surface area contributed by atoms with Gasteiger partial charge in [0, 0.05) is 21.2 Å². The molecule has 0 aliphatic rings. The van der Waals surface area contributed by atoms with Gasteiger partial charge in [-0.2, -0.15) is 0 Å². The summed E-state index contributed by atoms with van der Waals surface area (Å²) in [6.07, 6.45) is 0. The van der Waals surface area contributed by atoms with Crippen LogP contribution in [0.4, 0.5) is 0 Å². The molecule has 0 aliphatic heterocycles. The zero-order valence-corrected chi connectivity index (χ0v) is 18.0. The van der Waals surface area contributed by atoms with Gasteiger partial charge in [0.25, 0.3) is 0 Å². The Morgan fingerprint density at radius 3 is 1.93 bits per heavy atom. The molecule has 0 unspecified atom stereocenters. The molecule has 3 rings (SSSR count). The van der Waals surface area contributed by atoms with Gasteiger partial charge in [0.2, 0.25) is 5.82 Å². The molecular formula is C22H20Cl2N2O4. The molecule has 156 valence electrons. The van der Waals surface area contributed by atoms with Crippen LogP contribution in [0, 0.1) is 0 Å². The zero-order chi connectivity index (χ0) is 21.7. The number of hydrogen-bond acceptors (Lipinski definition) is 5. The molecule has 0 N–H and O–H groups in total. The summed E-state index contributed by atoms with van der Waals surface area (Å²) in [5.74, 6) is -1.10. The molecule has 6 nitrogen and oxygen atoms in total. The molecule has 0 fully saturated rings. The first kappa shape index (κ1) is 21.9. The maximum Gasteiger partial charge on any atom is 0.374 e. The third-order valence-corrected chi connectivity index (χ3v) is 4.76. The second kappa shape index (κ2) is 9.78. The maximum absolute atomic E-state index is 12.6. The molecule has 30 heavy (non-hydrogen) atoms. The zero-order valence-electron chi connectivity index (χ0n) is 16.5. The van der Waals surface area contributed by atoms with Crippen molar-refractivity contribution in [2.24, 2.45) is 0 Å². The third kappa shape index (κ3) is 4.83. The van der Waals surface area contributed by atoms with Crippen LogP contribution in [0.25, 0.3) is 22.5 Å². The van der Waals surface area contributed by atoms with Crippen LogP contribution < -0.4 is 0 Å². The van der Waals surface area contributed by atoms with Gasteiger partial charge in [0.1, 0.15) is 6.54 Å². The minimum atomic E-state index is -0.628. The minimum absolute atomic E-state index is 0.0137. The number of esters is 2. The van der Waals surface area contributed by atoms with Crippen molar-refractivity contribution in [1.82, 2.24) is 9.55 Å². The van der Waals surface area contributed by atoms with Gasteiger partial charge < -0.3 is 14.0 Å². The molecule has 1 heterocycles. The summed E-state index contributed by atoms with van der Waals surface area (Å²) in [7, 11) is 0. The maximum atomic E-state index is 12.6. The Bertz CT molecular complexity index is 1040. The summed E-state index contributed by atoms with van der Waals surface area (Å²) < 4.78 is 11.8. The molecule has 0 bridgehead atoms. The first-order valence-electron chi connectivity index (χ1n) is 9.39. The predicted octanol–water partition coefficient (Wildman–Crippen LogP) is 5.26. The Morgan fingerprint density at radius 1 is 0.867 bits per heavy atom. The van der Waals surface area contributed by atoms with Crippen LogP contribution in [0.1, 0.15) is 24.5 Å². The molecule has 3 aromatic rings. The Balaban J connectivity index is 2.26. The fourth-order valence-electron chi connectivity index (χ4n) is 3.00. The Labute approximate surface area is 184 Å². The van der Waals surface area contributed by atoms with Crippen LogP contribution in [0.3, 0.4) is 0 Å². The van der Waals surface area contributed by atoms with E-state index in [0.29, 0.717) is 21.4 Å². The minimum Gasteiger partial charge on any atom is -0.465 e. The quantitative estimate of drug-likeness (QED) is 0.462. The van der Waals surface area contributed by atoms with E-state index in [-0.39, 0.29) is 25.6 Å². The number of benzene rings is 2. The lowest BCUT2D eigenvalue weighted by Gasteiger charge is -2.12. The topological polar surface area (TPSA) is 70.4 Å². The monoisotopic (exact) mass is 446 g/mol. The summed E-state index contributed by atoms with van der Waals surface area (Å²) in [4.78, 5) is 29.5. The Hall–Kier alpha value is -2.83. The van der Waals surface area contributed by atoms with Crippen LogP contribution in [0.2, 0.25) is 10.0 Å². The first-order valence-corrected chi connectivity index (χ1v) is 10.1. The fourth-order valence-corrected chi connectivity index (χ4v) is 3.26. The number of imidazole rings is 1. The molecular weight excluding hydrogens is 427 g/mol. The van der Waals surface area contributed by atoms with E-state index in [1.54, 1.807) is 62.4 Å². The first-order chi connectivity index (χ1) is 14.4. The van der Waals surface area contributed by atoms with E-state index >= 15 is 0 Å². The second-order valence-corrected chi connectivity index (χ2v) is 7.13. The third-order valence-electron chi connectivity index (χ3n) is 4.25. The van der Waals surface area contributed by atoms with E-state index in [4.69, 9.17) is 32.7 Å². The van der Waals surface area contributed by atoms with Crippen molar-refractivity contribution >= 4 is 35.1 Å². The Morgan fingerprint density at radius 2 is 1.40 bits per heavy atom. The van der Waals surface area contributed by atoms with Crippen LogP contribution in [-0.4, -0.2) is 34.7 Å². The van der Waals surface area contributed by atoms with E-state index in [9.17, 15) is 9.59 Å². The summed E-state index contributed by atoms with van der Waals surface area (Å²) in [5.41, 5.74) is 2.56. The van der Waals surface area contributed by atoms with Crippen LogP contribution in [0.15, 0.2) is 48.5 Å². The number of ether oxygens (including phenoxy) is 2. The summed E-state index contributed by atoms with van der Waals surface area (Å²) >= 11 is 12.1. The van der Waals surface area contributed by atoms with Crippen molar-refractivity contribution in [2.75, 3.05) is 13.2 Å². The number of halogens is 2. The summed E-state index contributed by atoms with van der Waals surface area (Å²) in [5, 5.41) is 1.14. The van der Waals surface area contributed by atoms with E-state index in [1.807, 2.05) is 0 Å². The van der Waals surface area contributed by atoms with Crippen LogP contribution in [0.5, 0.6) is 0 Å². The van der Waals surface area contributed by atoms with Crippen molar-refractivity contribution in [3.63, 3.8) is 0 Å². The van der Waals surface area contributed by atoms with Gasteiger partial charge >= 0.3 is 11.9 Å². The fraction of sp³-hybridized carbons (Fsp3) is 0.227. The normalized spacial score (nSPS) is 10.7. The number of rotatable bonds is 7. The standard InChI is InChI=1S/C22H20Cl2N2O4/c1-3-29-18(27)13-26-20(15-7-11-17(24)12-8-15)19(14-5-9-16(23)10-6-14)25-21(26)22(28)30-4-2/h5-12H,3-4,13H2,1-2H3. The van der Waals surface area contributed by atoms with E-state index in [1.165, 1.54) is 4.57 Å². The van der Waals surface area contributed by atoms with Gasteiger partial charge in [-0.15, -0.1) is 0 Å².